The molecule has 0 aliphatic heterocycles. The van der Waals surface area contributed by atoms with E-state index in [0.29, 0.717) is 0 Å². The molecule has 0 aliphatic rings. The van der Waals surface area contributed by atoms with Crippen LogP contribution in [0.15, 0.2) is 28.7 Å². The highest BCUT2D eigenvalue weighted by Crippen LogP contribution is 2.26. The number of rotatable bonds is 4. The zero-order valence-electron chi connectivity index (χ0n) is 8.50. The normalized spacial score (nSPS) is 13.2. The summed E-state index contributed by atoms with van der Waals surface area (Å²) in [4.78, 5) is 2.15. The quantitative estimate of drug-likeness (QED) is 0.758. The smallest absolute Gasteiger partial charge is 0.0597 e. The molecule has 0 bridgehead atoms. The van der Waals surface area contributed by atoms with Crippen molar-refractivity contribution in [3.8, 4) is 0 Å². The van der Waals surface area contributed by atoms with Gasteiger partial charge in [0.05, 0.1) is 5.38 Å². The third-order valence-electron chi connectivity index (χ3n) is 2.04. The summed E-state index contributed by atoms with van der Waals surface area (Å²) in [6.07, 6.45) is 0.977. The predicted molar refractivity (Wildman–Crippen MR) is 65.9 cm³/mol. The zero-order valence-corrected chi connectivity index (χ0v) is 10.8. The molecule has 0 amide bonds. The van der Waals surface area contributed by atoms with Crippen LogP contribution < -0.4 is 0 Å². The average molecular weight is 277 g/mol. The molecular formula is C11H15BrClN. The van der Waals surface area contributed by atoms with Gasteiger partial charge in [-0.25, -0.2) is 0 Å². The number of nitrogens with zero attached hydrogens (tertiary/aromatic N) is 1. The van der Waals surface area contributed by atoms with Gasteiger partial charge in [0.25, 0.3) is 0 Å². The topological polar surface area (TPSA) is 3.24 Å². The molecule has 0 fully saturated rings. The number of halogens is 2. The fourth-order valence-electron chi connectivity index (χ4n) is 1.24. The van der Waals surface area contributed by atoms with Crippen molar-refractivity contribution in [3.05, 3.63) is 34.3 Å². The lowest BCUT2D eigenvalue weighted by Crippen LogP contribution is -2.14. The van der Waals surface area contributed by atoms with E-state index >= 15 is 0 Å². The first-order chi connectivity index (χ1) is 6.59. The Morgan fingerprint density at radius 2 is 2.14 bits per heavy atom. The Kier molecular flexibility index (Phi) is 4.93. The Labute approximate surface area is 99.2 Å². The Morgan fingerprint density at radius 1 is 1.43 bits per heavy atom. The van der Waals surface area contributed by atoms with Gasteiger partial charge in [0, 0.05) is 4.47 Å². The molecule has 0 saturated heterocycles. The monoisotopic (exact) mass is 275 g/mol. The summed E-state index contributed by atoms with van der Waals surface area (Å²) in [7, 11) is 4.12. The summed E-state index contributed by atoms with van der Waals surface area (Å²) in [5.74, 6) is 0. The van der Waals surface area contributed by atoms with Crippen LogP contribution in [-0.2, 0) is 0 Å². The maximum absolute atomic E-state index is 6.27. The second-order valence-electron chi connectivity index (χ2n) is 3.61. The highest BCUT2D eigenvalue weighted by molar-refractivity contribution is 9.10. The largest absolute Gasteiger partial charge is 0.309 e. The third kappa shape index (κ3) is 3.99. The average Bonchev–Trinajstić information content (AvgIpc) is 2.14. The van der Waals surface area contributed by atoms with E-state index in [4.69, 9.17) is 11.6 Å². The first-order valence-corrected chi connectivity index (χ1v) is 5.87. The Hall–Kier alpha value is -0.0500. The van der Waals surface area contributed by atoms with Crippen LogP contribution >= 0.6 is 27.5 Å². The molecule has 0 saturated carbocycles. The molecule has 3 heteroatoms. The Morgan fingerprint density at radius 3 is 2.71 bits per heavy atom. The number of benzene rings is 1. The molecule has 0 N–H and O–H groups in total. The van der Waals surface area contributed by atoms with Crippen molar-refractivity contribution in [3.63, 3.8) is 0 Å². The van der Waals surface area contributed by atoms with E-state index in [0.717, 1.165) is 17.4 Å². The van der Waals surface area contributed by atoms with Gasteiger partial charge in [0.15, 0.2) is 0 Å². The number of hydrogen-bond acceptors (Lipinski definition) is 1. The maximum atomic E-state index is 6.27. The highest BCUT2D eigenvalue weighted by Gasteiger charge is 2.07. The fraction of sp³-hybridized carbons (Fsp3) is 0.455. The lowest BCUT2D eigenvalue weighted by molar-refractivity contribution is 0.398. The molecular weight excluding hydrogens is 261 g/mol. The number of alkyl halides is 1. The van der Waals surface area contributed by atoms with Crippen molar-refractivity contribution in [1.29, 1.82) is 0 Å². The Bertz CT molecular complexity index is 288. The van der Waals surface area contributed by atoms with E-state index in [1.807, 2.05) is 12.1 Å². The molecule has 0 spiro atoms. The van der Waals surface area contributed by atoms with Crippen LogP contribution in [0.25, 0.3) is 0 Å². The van der Waals surface area contributed by atoms with Crippen LogP contribution in [0.5, 0.6) is 0 Å². The Balaban J connectivity index is 2.56. The molecule has 0 radical (unpaired) electrons. The van der Waals surface area contributed by atoms with E-state index < -0.39 is 0 Å². The third-order valence-corrected chi connectivity index (χ3v) is 3.00. The summed E-state index contributed by atoms with van der Waals surface area (Å²) in [5, 5.41) is 0.106. The molecule has 0 aliphatic carbocycles. The van der Waals surface area contributed by atoms with Crippen LogP contribution in [0.1, 0.15) is 17.4 Å². The van der Waals surface area contributed by atoms with Crippen molar-refractivity contribution in [2.75, 3.05) is 20.6 Å². The van der Waals surface area contributed by atoms with Crippen molar-refractivity contribution >= 4 is 27.5 Å². The predicted octanol–water partition coefficient (Wildman–Crippen LogP) is 3.68. The molecule has 0 heterocycles. The van der Waals surface area contributed by atoms with Gasteiger partial charge in [-0.3, -0.25) is 0 Å². The lowest BCUT2D eigenvalue weighted by Gasteiger charge is -2.13. The lowest BCUT2D eigenvalue weighted by atomic mass is 10.1. The first-order valence-electron chi connectivity index (χ1n) is 4.64. The van der Waals surface area contributed by atoms with Crippen LogP contribution in [-0.4, -0.2) is 25.5 Å². The molecule has 1 rings (SSSR count). The van der Waals surface area contributed by atoms with E-state index in [1.54, 1.807) is 0 Å². The van der Waals surface area contributed by atoms with Gasteiger partial charge in [-0.05, 0) is 44.8 Å². The van der Waals surface area contributed by atoms with Crippen molar-refractivity contribution in [1.82, 2.24) is 4.90 Å². The molecule has 14 heavy (non-hydrogen) atoms. The minimum atomic E-state index is 0.106. The molecule has 1 nitrogen and oxygen atoms in total. The fourth-order valence-corrected chi connectivity index (χ4v) is 1.89. The summed E-state index contributed by atoms with van der Waals surface area (Å²) in [6, 6.07) is 8.18. The summed E-state index contributed by atoms with van der Waals surface area (Å²) >= 11 is 9.72. The summed E-state index contributed by atoms with van der Waals surface area (Å²) in [6.45, 7) is 1.01. The molecule has 1 aromatic rings. The van der Waals surface area contributed by atoms with Gasteiger partial charge >= 0.3 is 0 Å². The molecule has 0 aromatic heterocycles. The maximum Gasteiger partial charge on any atom is 0.0597 e. The molecule has 1 atom stereocenters. The second-order valence-corrected chi connectivity index (χ2v) is 5.06. The van der Waals surface area contributed by atoms with Crippen molar-refractivity contribution in [2.24, 2.45) is 0 Å². The van der Waals surface area contributed by atoms with Gasteiger partial charge in [-0.15, -0.1) is 11.6 Å². The molecule has 1 aromatic carbocycles. The van der Waals surface area contributed by atoms with E-state index in [-0.39, 0.29) is 5.38 Å². The van der Waals surface area contributed by atoms with Gasteiger partial charge in [-0.1, -0.05) is 28.1 Å². The highest BCUT2D eigenvalue weighted by atomic mass is 79.9. The second kappa shape index (κ2) is 5.74. The molecule has 1 unspecified atom stereocenters. The standard InChI is InChI=1S/C11H15BrClN/c1-14(2)7-6-11(13)9-4-3-5-10(12)8-9/h3-5,8,11H,6-7H2,1-2H3. The SMILES string of the molecule is CN(C)CCC(Cl)c1cccc(Br)c1. The van der Waals surface area contributed by atoms with E-state index in [9.17, 15) is 0 Å². The van der Waals surface area contributed by atoms with Crippen molar-refractivity contribution < 1.29 is 0 Å². The van der Waals surface area contributed by atoms with Crippen LogP contribution in [0.2, 0.25) is 0 Å². The minimum absolute atomic E-state index is 0.106. The molecule has 78 valence electrons. The van der Waals surface area contributed by atoms with Gasteiger partial charge in [-0.2, -0.15) is 0 Å². The van der Waals surface area contributed by atoms with E-state index in [1.165, 1.54) is 5.56 Å². The van der Waals surface area contributed by atoms with Crippen LogP contribution in [0.3, 0.4) is 0 Å². The van der Waals surface area contributed by atoms with Crippen LogP contribution in [0, 0.1) is 0 Å². The van der Waals surface area contributed by atoms with Gasteiger partial charge in [0.2, 0.25) is 0 Å². The summed E-state index contributed by atoms with van der Waals surface area (Å²) in [5.41, 5.74) is 1.18. The van der Waals surface area contributed by atoms with Gasteiger partial charge < -0.3 is 4.90 Å². The van der Waals surface area contributed by atoms with E-state index in [2.05, 4.69) is 47.1 Å². The minimum Gasteiger partial charge on any atom is -0.309 e. The van der Waals surface area contributed by atoms with Gasteiger partial charge in [0.1, 0.15) is 0 Å². The first kappa shape index (κ1) is 12.0. The van der Waals surface area contributed by atoms with Crippen LogP contribution in [0.4, 0.5) is 0 Å². The summed E-state index contributed by atoms with van der Waals surface area (Å²) < 4.78 is 1.09. The van der Waals surface area contributed by atoms with Crippen molar-refractivity contribution in [2.45, 2.75) is 11.8 Å². The zero-order chi connectivity index (χ0) is 10.6. The number of hydrogen-bond donors (Lipinski definition) is 0.